The number of hydrogen-bond acceptors (Lipinski definition) is 1. The summed E-state index contributed by atoms with van der Waals surface area (Å²) in [5.41, 5.74) is 0.609. The van der Waals surface area contributed by atoms with Crippen LogP contribution in [0.2, 0.25) is 0 Å². The van der Waals surface area contributed by atoms with Gasteiger partial charge in [0.2, 0.25) is 0 Å². The van der Waals surface area contributed by atoms with Crippen molar-refractivity contribution in [2.45, 2.75) is 26.3 Å². The Balaban J connectivity index is 2.95. The number of nitrogens with zero attached hydrogens (tertiary/aromatic N) is 1. The number of carbonyl (C=O) groups is 1. The second-order valence-electron chi connectivity index (χ2n) is 4.55. The molecule has 15 heavy (non-hydrogen) atoms. The zero-order chi connectivity index (χ0) is 11.6. The van der Waals surface area contributed by atoms with Crippen LogP contribution in [0.3, 0.4) is 0 Å². The third-order valence-electron chi connectivity index (χ3n) is 2.38. The molecule has 1 aromatic carbocycles. The van der Waals surface area contributed by atoms with Crippen LogP contribution in [0.1, 0.15) is 31.1 Å². The lowest BCUT2D eigenvalue weighted by Crippen LogP contribution is -2.42. The van der Waals surface area contributed by atoms with Crippen LogP contribution in [-0.2, 0) is 0 Å². The second-order valence-corrected chi connectivity index (χ2v) is 5.79. The Bertz CT molecular complexity index is 368. The van der Waals surface area contributed by atoms with Crippen LogP contribution >= 0.6 is 22.6 Å². The van der Waals surface area contributed by atoms with Crippen molar-refractivity contribution < 1.29 is 4.79 Å². The summed E-state index contributed by atoms with van der Waals surface area (Å²) in [7, 11) is 1.84. The van der Waals surface area contributed by atoms with Crippen LogP contribution < -0.4 is 0 Å². The Morgan fingerprint density at radius 2 is 1.93 bits per heavy atom. The van der Waals surface area contributed by atoms with Crippen molar-refractivity contribution in [1.82, 2.24) is 4.90 Å². The van der Waals surface area contributed by atoms with Crippen LogP contribution in [0, 0.1) is 3.57 Å². The van der Waals surface area contributed by atoms with Crippen molar-refractivity contribution in [3.05, 3.63) is 33.4 Å². The largest absolute Gasteiger partial charge is 0.337 e. The first-order valence-electron chi connectivity index (χ1n) is 4.86. The smallest absolute Gasteiger partial charge is 0.254 e. The maximum atomic E-state index is 12.1. The van der Waals surface area contributed by atoms with Crippen LogP contribution in [-0.4, -0.2) is 23.4 Å². The normalized spacial score (nSPS) is 11.3. The van der Waals surface area contributed by atoms with Gasteiger partial charge in [0.1, 0.15) is 0 Å². The monoisotopic (exact) mass is 317 g/mol. The highest BCUT2D eigenvalue weighted by Crippen LogP contribution is 2.16. The van der Waals surface area contributed by atoms with Crippen LogP contribution in [0.25, 0.3) is 0 Å². The quantitative estimate of drug-likeness (QED) is 0.729. The topological polar surface area (TPSA) is 20.3 Å². The molecule has 0 aliphatic heterocycles. The van der Waals surface area contributed by atoms with E-state index in [0.717, 1.165) is 9.13 Å². The fourth-order valence-corrected chi connectivity index (χ4v) is 1.66. The van der Waals surface area contributed by atoms with Crippen LogP contribution in [0.15, 0.2) is 24.3 Å². The molecule has 0 bridgehead atoms. The van der Waals surface area contributed by atoms with Gasteiger partial charge in [0, 0.05) is 21.7 Å². The summed E-state index contributed by atoms with van der Waals surface area (Å²) in [6.45, 7) is 6.08. The molecule has 0 aromatic heterocycles. The summed E-state index contributed by atoms with van der Waals surface area (Å²) in [6.07, 6.45) is 0. The highest BCUT2D eigenvalue weighted by molar-refractivity contribution is 14.1. The SMILES string of the molecule is CN(C(=O)c1cccc(I)c1)C(C)(C)C. The van der Waals surface area contributed by atoms with Gasteiger partial charge in [-0.1, -0.05) is 6.07 Å². The maximum absolute atomic E-state index is 12.1. The summed E-state index contributed by atoms with van der Waals surface area (Å²) in [6, 6.07) is 7.65. The lowest BCUT2D eigenvalue weighted by atomic mass is 10.1. The molecule has 0 unspecified atom stereocenters. The first-order valence-corrected chi connectivity index (χ1v) is 5.94. The van der Waals surface area contributed by atoms with Gasteiger partial charge >= 0.3 is 0 Å². The van der Waals surface area contributed by atoms with E-state index in [1.54, 1.807) is 4.90 Å². The molecule has 0 fully saturated rings. The zero-order valence-electron chi connectivity index (χ0n) is 9.54. The minimum absolute atomic E-state index is 0.0704. The van der Waals surface area contributed by atoms with Crippen molar-refractivity contribution >= 4 is 28.5 Å². The van der Waals surface area contributed by atoms with Gasteiger partial charge in [-0.15, -0.1) is 0 Å². The van der Waals surface area contributed by atoms with Gasteiger partial charge < -0.3 is 4.90 Å². The minimum Gasteiger partial charge on any atom is -0.337 e. The molecule has 0 spiro atoms. The molecule has 0 saturated heterocycles. The first kappa shape index (κ1) is 12.5. The number of hydrogen-bond donors (Lipinski definition) is 0. The third-order valence-corrected chi connectivity index (χ3v) is 3.05. The molecule has 3 heteroatoms. The number of halogens is 1. The average Bonchev–Trinajstić information content (AvgIpc) is 2.14. The molecule has 0 aliphatic carbocycles. The van der Waals surface area contributed by atoms with Gasteiger partial charge in [-0.05, 0) is 61.6 Å². The third kappa shape index (κ3) is 3.19. The number of amides is 1. The van der Waals surface area contributed by atoms with E-state index in [0.29, 0.717) is 0 Å². The molecule has 0 saturated carbocycles. The Kier molecular flexibility index (Phi) is 3.76. The van der Waals surface area contributed by atoms with Crippen molar-refractivity contribution in [1.29, 1.82) is 0 Å². The van der Waals surface area contributed by atoms with E-state index in [2.05, 4.69) is 22.6 Å². The molecule has 0 N–H and O–H groups in total. The number of rotatable bonds is 1. The molecule has 82 valence electrons. The number of benzene rings is 1. The molecular formula is C12H16INO. The molecule has 2 nitrogen and oxygen atoms in total. The Morgan fingerprint density at radius 1 is 1.33 bits per heavy atom. The van der Waals surface area contributed by atoms with Crippen LogP contribution in [0.4, 0.5) is 0 Å². The van der Waals surface area contributed by atoms with Gasteiger partial charge in [-0.2, -0.15) is 0 Å². The molecular weight excluding hydrogens is 301 g/mol. The van der Waals surface area contributed by atoms with Crippen molar-refractivity contribution in [3.8, 4) is 0 Å². The molecule has 0 radical (unpaired) electrons. The Labute approximate surface area is 105 Å². The maximum Gasteiger partial charge on any atom is 0.254 e. The number of carbonyl (C=O) groups excluding carboxylic acids is 1. The summed E-state index contributed by atoms with van der Waals surface area (Å²) in [5, 5.41) is 0. The molecule has 0 heterocycles. The van der Waals surface area contributed by atoms with Gasteiger partial charge in [0.15, 0.2) is 0 Å². The van der Waals surface area contributed by atoms with Crippen molar-refractivity contribution in [3.63, 3.8) is 0 Å². The van der Waals surface area contributed by atoms with Gasteiger partial charge in [0.25, 0.3) is 5.91 Å². The van der Waals surface area contributed by atoms with E-state index in [1.165, 1.54) is 0 Å². The standard InChI is InChI=1S/C12H16INO/c1-12(2,3)14(4)11(15)9-6-5-7-10(13)8-9/h5-8H,1-4H3. The minimum atomic E-state index is -0.141. The second kappa shape index (κ2) is 4.51. The van der Waals surface area contributed by atoms with Crippen molar-refractivity contribution in [2.75, 3.05) is 7.05 Å². The highest BCUT2D eigenvalue weighted by atomic mass is 127. The lowest BCUT2D eigenvalue weighted by molar-refractivity contribution is 0.0655. The Morgan fingerprint density at radius 3 is 2.40 bits per heavy atom. The summed E-state index contributed by atoms with van der Waals surface area (Å²) in [4.78, 5) is 13.8. The van der Waals surface area contributed by atoms with Gasteiger partial charge in [-0.25, -0.2) is 0 Å². The van der Waals surface area contributed by atoms with E-state index in [4.69, 9.17) is 0 Å². The fraction of sp³-hybridized carbons (Fsp3) is 0.417. The molecule has 0 atom stereocenters. The summed E-state index contributed by atoms with van der Waals surface area (Å²) in [5.74, 6) is 0.0704. The zero-order valence-corrected chi connectivity index (χ0v) is 11.7. The predicted molar refractivity (Wildman–Crippen MR) is 71.0 cm³/mol. The van der Waals surface area contributed by atoms with E-state index in [9.17, 15) is 4.79 Å². The average molecular weight is 317 g/mol. The molecule has 0 aliphatic rings. The first-order chi connectivity index (χ1) is 6.82. The Hall–Kier alpha value is -0.580. The highest BCUT2D eigenvalue weighted by Gasteiger charge is 2.23. The van der Waals surface area contributed by atoms with E-state index >= 15 is 0 Å². The summed E-state index contributed by atoms with van der Waals surface area (Å²) >= 11 is 2.21. The summed E-state index contributed by atoms with van der Waals surface area (Å²) < 4.78 is 1.08. The molecule has 1 aromatic rings. The van der Waals surface area contributed by atoms with E-state index in [-0.39, 0.29) is 11.4 Å². The molecule has 1 rings (SSSR count). The van der Waals surface area contributed by atoms with Gasteiger partial charge in [-0.3, -0.25) is 4.79 Å². The predicted octanol–water partition coefficient (Wildman–Crippen LogP) is 3.16. The van der Waals surface area contributed by atoms with E-state index in [1.807, 2.05) is 52.1 Å². The lowest BCUT2D eigenvalue weighted by Gasteiger charge is -2.32. The van der Waals surface area contributed by atoms with Gasteiger partial charge in [0.05, 0.1) is 0 Å². The van der Waals surface area contributed by atoms with Crippen LogP contribution in [0.5, 0.6) is 0 Å². The fourth-order valence-electron chi connectivity index (χ4n) is 1.12. The molecule has 1 amide bonds. The van der Waals surface area contributed by atoms with E-state index < -0.39 is 0 Å². The van der Waals surface area contributed by atoms with Crippen molar-refractivity contribution in [2.24, 2.45) is 0 Å².